The summed E-state index contributed by atoms with van der Waals surface area (Å²) >= 11 is 0. The molecule has 0 heterocycles. The summed E-state index contributed by atoms with van der Waals surface area (Å²) in [6.07, 6.45) is -0.102. The number of halogens is 1. The van der Waals surface area contributed by atoms with E-state index in [-0.39, 0.29) is 17.5 Å². The summed E-state index contributed by atoms with van der Waals surface area (Å²) in [4.78, 5) is 35.0. The Morgan fingerprint density at radius 3 is 2.10 bits per heavy atom. The Bertz CT molecular complexity index is 551. The Labute approximate surface area is 115 Å². The highest BCUT2D eigenvalue weighted by atomic mass is 19.1. The van der Waals surface area contributed by atoms with E-state index in [0.717, 1.165) is 18.2 Å². The highest BCUT2D eigenvalue weighted by Gasteiger charge is 2.52. The van der Waals surface area contributed by atoms with E-state index >= 15 is 0 Å². The fourth-order valence-electron chi connectivity index (χ4n) is 2.05. The van der Waals surface area contributed by atoms with Crippen molar-refractivity contribution in [2.75, 3.05) is 0 Å². The zero-order valence-electron chi connectivity index (χ0n) is 11.1. The molecule has 0 aromatic heterocycles. The van der Waals surface area contributed by atoms with Crippen LogP contribution in [0.4, 0.5) is 4.39 Å². The van der Waals surface area contributed by atoms with Gasteiger partial charge in [0, 0.05) is 5.56 Å². The van der Waals surface area contributed by atoms with Gasteiger partial charge in [0.15, 0.2) is 5.78 Å². The van der Waals surface area contributed by atoms with Crippen LogP contribution in [0.1, 0.15) is 36.2 Å². The van der Waals surface area contributed by atoms with Crippen molar-refractivity contribution in [1.29, 1.82) is 0 Å². The first-order chi connectivity index (χ1) is 9.31. The van der Waals surface area contributed by atoms with Crippen molar-refractivity contribution in [2.24, 2.45) is 5.41 Å². The van der Waals surface area contributed by atoms with Crippen LogP contribution in [0.5, 0.6) is 0 Å². The summed E-state index contributed by atoms with van der Waals surface area (Å²) in [6, 6.07) is 3.25. The van der Waals surface area contributed by atoms with E-state index < -0.39 is 35.4 Å². The number of carboxylic acids is 2. The van der Waals surface area contributed by atoms with Crippen LogP contribution in [-0.2, 0) is 16.0 Å². The van der Waals surface area contributed by atoms with Gasteiger partial charge in [-0.2, -0.15) is 0 Å². The number of ketones is 1. The molecule has 0 aliphatic heterocycles. The van der Waals surface area contributed by atoms with Gasteiger partial charge in [0.25, 0.3) is 0 Å². The average molecular weight is 282 g/mol. The molecule has 1 rings (SSSR count). The van der Waals surface area contributed by atoms with E-state index in [9.17, 15) is 18.8 Å². The molecule has 0 bridgehead atoms. The standard InChI is InChI=1S/C14H15FO5/c1-3-8-7-9(15)5-6-10(8)11(16)14(4-2,12(17)18)13(19)20/h5-7H,3-4H2,1-2H3,(H,17,18)(H,19,20). The molecule has 0 aliphatic carbocycles. The van der Waals surface area contributed by atoms with Gasteiger partial charge in [-0.25, -0.2) is 4.39 Å². The first kappa shape index (κ1) is 15.8. The minimum Gasteiger partial charge on any atom is -0.480 e. The summed E-state index contributed by atoms with van der Waals surface area (Å²) in [7, 11) is 0. The fraction of sp³-hybridized carbons (Fsp3) is 0.357. The monoisotopic (exact) mass is 282 g/mol. The van der Waals surface area contributed by atoms with Gasteiger partial charge in [-0.15, -0.1) is 0 Å². The zero-order chi connectivity index (χ0) is 15.5. The van der Waals surface area contributed by atoms with Crippen molar-refractivity contribution in [3.8, 4) is 0 Å². The highest BCUT2D eigenvalue weighted by Crippen LogP contribution is 2.30. The fourth-order valence-corrected chi connectivity index (χ4v) is 2.05. The van der Waals surface area contributed by atoms with Crippen LogP contribution in [0.25, 0.3) is 0 Å². The Morgan fingerprint density at radius 2 is 1.70 bits per heavy atom. The second-order valence-corrected chi connectivity index (χ2v) is 4.35. The summed E-state index contributed by atoms with van der Waals surface area (Å²) in [5.74, 6) is -5.03. The maximum Gasteiger partial charge on any atom is 0.329 e. The average Bonchev–Trinajstić information content (AvgIpc) is 2.38. The lowest BCUT2D eigenvalue weighted by Gasteiger charge is -2.22. The number of carbonyl (C=O) groups is 3. The zero-order valence-corrected chi connectivity index (χ0v) is 11.1. The Kier molecular flexibility index (Phi) is 4.60. The van der Waals surface area contributed by atoms with Gasteiger partial charge in [0.1, 0.15) is 5.82 Å². The van der Waals surface area contributed by atoms with Gasteiger partial charge in [-0.1, -0.05) is 13.8 Å². The number of hydrogen-bond donors (Lipinski definition) is 2. The summed E-state index contributed by atoms with van der Waals surface area (Å²) in [6.45, 7) is 2.98. The molecule has 0 unspecified atom stereocenters. The minimum atomic E-state index is -2.54. The highest BCUT2D eigenvalue weighted by molar-refractivity contribution is 6.25. The number of aryl methyl sites for hydroxylation is 1. The van der Waals surface area contributed by atoms with Crippen molar-refractivity contribution in [3.63, 3.8) is 0 Å². The molecular formula is C14H15FO5. The van der Waals surface area contributed by atoms with Crippen LogP contribution >= 0.6 is 0 Å². The number of carbonyl (C=O) groups excluding carboxylic acids is 1. The van der Waals surface area contributed by atoms with Crippen molar-refractivity contribution >= 4 is 17.7 Å². The topological polar surface area (TPSA) is 91.7 Å². The molecule has 0 fully saturated rings. The number of hydrogen-bond acceptors (Lipinski definition) is 3. The van der Waals surface area contributed by atoms with E-state index in [0.29, 0.717) is 0 Å². The maximum absolute atomic E-state index is 13.1. The first-order valence-electron chi connectivity index (χ1n) is 6.11. The molecule has 0 radical (unpaired) electrons. The predicted molar refractivity (Wildman–Crippen MR) is 68.1 cm³/mol. The molecular weight excluding hydrogens is 267 g/mol. The lowest BCUT2D eigenvalue weighted by Crippen LogP contribution is -2.46. The molecule has 2 N–H and O–H groups in total. The third-order valence-corrected chi connectivity index (χ3v) is 3.34. The molecule has 0 amide bonds. The molecule has 0 aliphatic rings. The van der Waals surface area contributed by atoms with Crippen molar-refractivity contribution in [1.82, 2.24) is 0 Å². The van der Waals surface area contributed by atoms with Gasteiger partial charge in [-0.3, -0.25) is 14.4 Å². The number of benzene rings is 1. The predicted octanol–water partition coefficient (Wildman–Crippen LogP) is 2.14. The molecule has 0 saturated carbocycles. The van der Waals surface area contributed by atoms with Crippen molar-refractivity contribution < 1.29 is 29.0 Å². The van der Waals surface area contributed by atoms with Crippen LogP contribution in [0, 0.1) is 11.2 Å². The van der Waals surface area contributed by atoms with E-state index in [1.54, 1.807) is 6.92 Å². The lowest BCUT2D eigenvalue weighted by atomic mass is 9.76. The van der Waals surface area contributed by atoms with Crippen LogP contribution in [-0.4, -0.2) is 27.9 Å². The lowest BCUT2D eigenvalue weighted by molar-refractivity contribution is -0.160. The number of Topliss-reactive ketones (excluding diaryl/α,β-unsaturated/α-hetero) is 1. The third kappa shape index (κ3) is 2.41. The van der Waals surface area contributed by atoms with E-state index in [4.69, 9.17) is 10.2 Å². The van der Waals surface area contributed by atoms with Crippen molar-refractivity contribution in [2.45, 2.75) is 26.7 Å². The summed E-state index contributed by atoms with van der Waals surface area (Å²) in [5, 5.41) is 18.3. The van der Waals surface area contributed by atoms with Gasteiger partial charge in [0.05, 0.1) is 0 Å². The Balaban J connectivity index is 3.48. The second-order valence-electron chi connectivity index (χ2n) is 4.35. The summed E-state index contributed by atoms with van der Waals surface area (Å²) in [5.41, 5.74) is -2.32. The first-order valence-corrected chi connectivity index (χ1v) is 6.11. The minimum absolute atomic E-state index is 0.0689. The third-order valence-electron chi connectivity index (χ3n) is 3.34. The van der Waals surface area contributed by atoms with Crippen LogP contribution in [0.2, 0.25) is 0 Å². The van der Waals surface area contributed by atoms with Crippen LogP contribution in [0.3, 0.4) is 0 Å². The van der Waals surface area contributed by atoms with Crippen molar-refractivity contribution in [3.05, 3.63) is 35.1 Å². The largest absolute Gasteiger partial charge is 0.480 e. The molecule has 20 heavy (non-hydrogen) atoms. The molecule has 0 spiro atoms. The molecule has 108 valence electrons. The number of carboxylic acid groups (broad SMARTS) is 2. The molecule has 1 aromatic rings. The molecule has 0 atom stereocenters. The van der Waals surface area contributed by atoms with Crippen LogP contribution in [0.15, 0.2) is 18.2 Å². The number of aliphatic carboxylic acids is 2. The Morgan fingerprint density at radius 1 is 1.15 bits per heavy atom. The van der Waals surface area contributed by atoms with E-state index in [2.05, 4.69) is 0 Å². The Hall–Kier alpha value is -2.24. The quantitative estimate of drug-likeness (QED) is 0.616. The van der Waals surface area contributed by atoms with Gasteiger partial charge in [-0.05, 0) is 36.6 Å². The summed E-state index contributed by atoms with van der Waals surface area (Å²) < 4.78 is 13.1. The maximum atomic E-state index is 13.1. The van der Waals surface area contributed by atoms with Crippen LogP contribution < -0.4 is 0 Å². The smallest absolute Gasteiger partial charge is 0.329 e. The normalized spacial score (nSPS) is 11.2. The SMILES string of the molecule is CCc1cc(F)ccc1C(=O)C(CC)(C(=O)O)C(=O)O. The molecule has 5 nitrogen and oxygen atoms in total. The van der Waals surface area contributed by atoms with Gasteiger partial charge >= 0.3 is 11.9 Å². The second kappa shape index (κ2) is 5.81. The van der Waals surface area contributed by atoms with Gasteiger partial charge in [0.2, 0.25) is 5.41 Å². The van der Waals surface area contributed by atoms with E-state index in [1.807, 2.05) is 0 Å². The van der Waals surface area contributed by atoms with Gasteiger partial charge < -0.3 is 10.2 Å². The molecule has 0 saturated heterocycles. The van der Waals surface area contributed by atoms with E-state index in [1.165, 1.54) is 6.92 Å². The number of rotatable bonds is 6. The molecule has 6 heteroatoms. The molecule has 1 aromatic carbocycles.